The molecule has 0 saturated carbocycles. The molecule has 4 nitrogen and oxygen atoms in total. The first-order valence-corrected chi connectivity index (χ1v) is 7.05. The van der Waals surface area contributed by atoms with E-state index in [9.17, 15) is 13.6 Å². The minimum atomic E-state index is -0.898. The summed E-state index contributed by atoms with van der Waals surface area (Å²) in [5.74, 6) is -2.26. The third-order valence-corrected chi connectivity index (χ3v) is 3.68. The number of carbonyl (C=O) groups is 1. The lowest BCUT2D eigenvalue weighted by Crippen LogP contribution is -2.13. The molecule has 1 aromatic heterocycles. The van der Waals surface area contributed by atoms with E-state index in [0.29, 0.717) is 11.8 Å². The van der Waals surface area contributed by atoms with E-state index in [1.807, 2.05) is 0 Å². The van der Waals surface area contributed by atoms with Gasteiger partial charge in [0.2, 0.25) is 0 Å². The van der Waals surface area contributed by atoms with Crippen molar-refractivity contribution < 1.29 is 13.6 Å². The maximum Gasteiger partial charge on any atom is 0.258 e. The van der Waals surface area contributed by atoms with Gasteiger partial charge in [-0.25, -0.2) is 8.78 Å². The summed E-state index contributed by atoms with van der Waals surface area (Å²) in [6.07, 6.45) is 1.64. The van der Waals surface area contributed by atoms with Crippen molar-refractivity contribution in [1.29, 1.82) is 0 Å². The van der Waals surface area contributed by atoms with Crippen LogP contribution in [0.2, 0.25) is 0 Å². The van der Waals surface area contributed by atoms with Crippen LogP contribution in [0.15, 0.2) is 48.7 Å². The zero-order valence-corrected chi connectivity index (χ0v) is 11.9. The van der Waals surface area contributed by atoms with Crippen molar-refractivity contribution in [2.24, 2.45) is 0 Å². The maximum atomic E-state index is 13.5. The van der Waals surface area contributed by atoms with E-state index >= 15 is 0 Å². The molecule has 0 radical (unpaired) electrons. The van der Waals surface area contributed by atoms with E-state index in [2.05, 4.69) is 14.9 Å². The third-order valence-electron chi connectivity index (χ3n) is 2.96. The van der Waals surface area contributed by atoms with Gasteiger partial charge >= 0.3 is 0 Å². The molecular weight excluding hydrogens is 308 g/mol. The fraction of sp³-hybridized carbons (Fsp3) is 0. The van der Waals surface area contributed by atoms with Crippen molar-refractivity contribution in [2.75, 3.05) is 5.32 Å². The molecule has 0 aliphatic heterocycles. The van der Waals surface area contributed by atoms with Crippen LogP contribution in [0.5, 0.6) is 0 Å². The lowest BCUT2D eigenvalue weighted by Gasteiger charge is -2.07. The molecule has 0 saturated heterocycles. The van der Waals surface area contributed by atoms with Gasteiger partial charge in [0, 0.05) is 11.8 Å². The number of benzene rings is 2. The smallest absolute Gasteiger partial charge is 0.258 e. The number of hydrogen-bond acceptors (Lipinski definition) is 4. The minimum absolute atomic E-state index is 0.211. The van der Waals surface area contributed by atoms with Gasteiger partial charge in [-0.05, 0) is 41.4 Å². The number of aromatic nitrogens is 2. The van der Waals surface area contributed by atoms with Crippen molar-refractivity contribution in [2.45, 2.75) is 0 Å². The van der Waals surface area contributed by atoms with Crippen LogP contribution in [0.1, 0.15) is 10.4 Å². The van der Waals surface area contributed by atoms with E-state index in [4.69, 9.17) is 0 Å². The zero-order valence-electron chi connectivity index (χ0n) is 11.1. The number of nitrogens with one attached hydrogen (secondary N) is 1. The predicted octanol–water partition coefficient (Wildman–Crippen LogP) is 3.74. The van der Waals surface area contributed by atoms with Crippen LogP contribution in [-0.4, -0.2) is 15.5 Å². The van der Waals surface area contributed by atoms with Crippen molar-refractivity contribution >= 4 is 23.1 Å². The molecule has 22 heavy (non-hydrogen) atoms. The highest BCUT2D eigenvalue weighted by molar-refractivity contribution is 7.09. The SMILES string of the molecule is O=C(Nc1ccc(-c2cnns2)cc1)c1ccc(F)cc1F. The van der Waals surface area contributed by atoms with Crippen molar-refractivity contribution in [3.63, 3.8) is 0 Å². The number of amides is 1. The monoisotopic (exact) mass is 317 g/mol. The summed E-state index contributed by atoms with van der Waals surface area (Å²) in [5.41, 5.74) is 1.22. The Balaban J connectivity index is 1.77. The Morgan fingerprint density at radius 1 is 1.09 bits per heavy atom. The van der Waals surface area contributed by atoms with Crippen molar-refractivity contribution in [3.8, 4) is 10.4 Å². The predicted molar refractivity (Wildman–Crippen MR) is 79.7 cm³/mol. The molecule has 3 rings (SSSR count). The highest BCUT2D eigenvalue weighted by Gasteiger charge is 2.12. The van der Waals surface area contributed by atoms with Crippen LogP contribution in [0.4, 0.5) is 14.5 Å². The van der Waals surface area contributed by atoms with Gasteiger partial charge in [0.25, 0.3) is 5.91 Å². The number of nitrogens with zero attached hydrogens (tertiary/aromatic N) is 2. The first-order chi connectivity index (χ1) is 10.6. The molecule has 110 valence electrons. The van der Waals surface area contributed by atoms with Crippen LogP contribution in [-0.2, 0) is 0 Å². The number of hydrogen-bond donors (Lipinski definition) is 1. The Labute approximate surface area is 128 Å². The van der Waals surface area contributed by atoms with E-state index in [1.54, 1.807) is 30.5 Å². The molecule has 0 spiro atoms. The highest BCUT2D eigenvalue weighted by atomic mass is 32.1. The third kappa shape index (κ3) is 2.99. The Bertz CT molecular complexity index is 804. The summed E-state index contributed by atoms with van der Waals surface area (Å²) in [6.45, 7) is 0. The Kier molecular flexibility index (Phi) is 3.88. The van der Waals surface area contributed by atoms with Crippen LogP contribution in [0, 0.1) is 11.6 Å². The molecule has 0 unspecified atom stereocenters. The standard InChI is InChI=1S/C15H9F2N3OS/c16-10-3-6-12(13(17)7-10)15(21)19-11-4-1-9(2-5-11)14-8-18-20-22-14/h1-8H,(H,19,21). The van der Waals surface area contributed by atoms with Gasteiger partial charge in [0.05, 0.1) is 16.6 Å². The minimum Gasteiger partial charge on any atom is -0.322 e. The summed E-state index contributed by atoms with van der Waals surface area (Å²) in [5, 5.41) is 6.31. The summed E-state index contributed by atoms with van der Waals surface area (Å²) >= 11 is 1.26. The summed E-state index contributed by atoms with van der Waals surface area (Å²) in [7, 11) is 0. The van der Waals surface area contributed by atoms with Gasteiger partial charge in [-0.3, -0.25) is 4.79 Å². The van der Waals surface area contributed by atoms with Crippen LogP contribution < -0.4 is 5.32 Å². The van der Waals surface area contributed by atoms with Gasteiger partial charge in [-0.1, -0.05) is 16.6 Å². The molecule has 1 N–H and O–H groups in total. The summed E-state index contributed by atoms with van der Waals surface area (Å²) in [4.78, 5) is 12.9. The average molecular weight is 317 g/mol. The largest absolute Gasteiger partial charge is 0.322 e. The summed E-state index contributed by atoms with van der Waals surface area (Å²) in [6, 6.07) is 9.80. The van der Waals surface area contributed by atoms with E-state index in [-0.39, 0.29) is 5.56 Å². The molecule has 7 heteroatoms. The highest BCUT2D eigenvalue weighted by Crippen LogP contribution is 2.23. The number of halogens is 2. The Morgan fingerprint density at radius 3 is 2.50 bits per heavy atom. The topological polar surface area (TPSA) is 54.9 Å². The quantitative estimate of drug-likeness (QED) is 0.800. The molecular formula is C15H9F2N3OS. The lowest BCUT2D eigenvalue weighted by atomic mass is 10.1. The zero-order chi connectivity index (χ0) is 15.5. The Hall–Kier alpha value is -2.67. The summed E-state index contributed by atoms with van der Waals surface area (Å²) < 4.78 is 30.2. The normalized spacial score (nSPS) is 10.5. The first kappa shape index (κ1) is 14.3. The van der Waals surface area contributed by atoms with Gasteiger partial charge in [0.15, 0.2) is 0 Å². The molecule has 2 aromatic carbocycles. The van der Waals surface area contributed by atoms with E-state index in [0.717, 1.165) is 22.6 Å². The fourth-order valence-corrected chi connectivity index (χ4v) is 2.40. The van der Waals surface area contributed by atoms with Crippen molar-refractivity contribution in [3.05, 3.63) is 65.9 Å². The van der Waals surface area contributed by atoms with Crippen LogP contribution in [0.25, 0.3) is 10.4 Å². The van der Waals surface area contributed by atoms with E-state index < -0.39 is 17.5 Å². The molecule has 3 aromatic rings. The number of carbonyl (C=O) groups excluding carboxylic acids is 1. The van der Waals surface area contributed by atoms with Crippen molar-refractivity contribution in [1.82, 2.24) is 9.59 Å². The van der Waals surface area contributed by atoms with E-state index in [1.165, 1.54) is 11.5 Å². The second-order valence-corrected chi connectivity index (χ2v) is 5.22. The Morgan fingerprint density at radius 2 is 1.86 bits per heavy atom. The molecule has 0 bridgehead atoms. The molecule has 0 aliphatic carbocycles. The second-order valence-electron chi connectivity index (χ2n) is 4.44. The lowest BCUT2D eigenvalue weighted by molar-refractivity contribution is 0.102. The molecule has 0 fully saturated rings. The molecule has 0 atom stereocenters. The number of anilines is 1. The van der Waals surface area contributed by atoms with Gasteiger partial charge in [0.1, 0.15) is 11.6 Å². The second kappa shape index (κ2) is 5.98. The molecule has 1 amide bonds. The van der Waals surface area contributed by atoms with Crippen LogP contribution >= 0.6 is 11.5 Å². The maximum absolute atomic E-state index is 13.5. The first-order valence-electron chi connectivity index (χ1n) is 6.28. The van der Waals surface area contributed by atoms with Gasteiger partial charge < -0.3 is 5.32 Å². The molecule has 0 aliphatic rings. The van der Waals surface area contributed by atoms with Crippen LogP contribution in [0.3, 0.4) is 0 Å². The van der Waals surface area contributed by atoms with Gasteiger partial charge in [-0.2, -0.15) is 0 Å². The molecule has 1 heterocycles. The number of rotatable bonds is 3. The van der Waals surface area contributed by atoms with Gasteiger partial charge in [-0.15, -0.1) is 5.10 Å². The average Bonchev–Trinajstić information content (AvgIpc) is 3.02. The fourth-order valence-electron chi connectivity index (χ4n) is 1.88.